The molecule has 4 amide bonds. The van der Waals surface area contributed by atoms with Crippen molar-refractivity contribution in [3.05, 3.63) is 57.8 Å². The molecule has 2 N–H and O–H groups in total. The number of nitrogens with zero attached hydrogens (tertiary/aromatic N) is 1. The monoisotopic (exact) mass is 393 g/mol. The highest BCUT2D eigenvalue weighted by Gasteiger charge is 2.50. The predicted molar refractivity (Wildman–Crippen MR) is 94.8 cm³/mol. The molecule has 1 aliphatic rings. The van der Waals surface area contributed by atoms with Gasteiger partial charge in [-0.15, -0.1) is 11.3 Å². The highest BCUT2D eigenvalue weighted by Crippen LogP contribution is 2.31. The van der Waals surface area contributed by atoms with Gasteiger partial charge in [-0.3, -0.25) is 14.5 Å². The number of benzene rings is 1. The first kappa shape index (κ1) is 19.0. The largest absolute Gasteiger partial charge is 0.347 e. The van der Waals surface area contributed by atoms with E-state index in [-0.39, 0.29) is 11.6 Å². The molecule has 2 atom stereocenters. The summed E-state index contributed by atoms with van der Waals surface area (Å²) in [6.45, 7) is 2.53. The van der Waals surface area contributed by atoms with E-state index >= 15 is 0 Å². The van der Waals surface area contributed by atoms with Crippen LogP contribution >= 0.6 is 11.3 Å². The van der Waals surface area contributed by atoms with Crippen molar-refractivity contribution in [2.24, 2.45) is 0 Å². The second kappa shape index (κ2) is 7.07. The lowest BCUT2D eigenvalue weighted by Gasteiger charge is -2.23. The molecule has 27 heavy (non-hydrogen) atoms. The predicted octanol–water partition coefficient (Wildman–Crippen LogP) is 2.67. The Bertz CT molecular complexity index is 903. The minimum Gasteiger partial charge on any atom is -0.347 e. The standard InChI is InChI=1S/C18H17F2N3O3S/c1-10(14-4-3-7-27-14)21-15(24)9-23-16(25)18(2,22-17(23)26)12-8-11(19)5-6-13(12)20/h3-8,10H,9H2,1-2H3,(H,21,24)(H,22,26)/t10-,18-/m1/s1. The third kappa shape index (κ3) is 3.55. The Hall–Kier alpha value is -2.81. The van der Waals surface area contributed by atoms with Crippen LogP contribution in [0.4, 0.5) is 13.6 Å². The molecule has 2 aromatic rings. The van der Waals surface area contributed by atoms with Crippen molar-refractivity contribution in [2.45, 2.75) is 25.4 Å². The number of imide groups is 1. The molecule has 1 aromatic heterocycles. The summed E-state index contributed by atoms with van der Waals surface area (Å²) in [6, 6.07) is 5.23. The Morgan fingerprint density at radius 3 is 2.74 bits per heavy atom. The molecule has 0 bridgehead atoms. The summed E-state index contributed by atoms with van der Waals surface area (Å²) in [5.74, 6) is -2.93. The van der Waals surface area contributed by atoms with Crippen LogP contribution in [0.3, 0.4) is 0 Å². The lowest BCUT2D eigenvalue weighted by molar-refractivity contribution is -0.135. The summed E-state index contributed by atoms with van der Waals surface area (Å²) in [4.78, 5) is 38.8. The quantitative estimate of drug-likeness (QED) is 0.767. The molecule has 9 heteroatoms. The maximum absolute atomic E-state index is 14.1. The molecule has 1 saturated heterocycles. The topological polar surface area (TPSA) is 78.5 Å². The first-order valence-electron chi connectivity index (χ1n) is 8.15. The summed E-state index contributed by atoms with van der Waals surface area (Å²) in [6.07, 6.45) is 0. The molecule has 0 aliphatic carbocycles. The Kier molecular flexibility index (Phi) is 4.97. The lowest BCUT2D eigenvalue weighted by atomic mass is 9.91. The zero-order valence-corrected chi connectivity index (χ0v) is 15.4. The molecule has 0 spiro atoms. The van der Waals surface area contributed by atoms with Gasteiger partial charge in [-0.05, 0) is 43.5 Å². The molecular weight excluding hydrogens is 376 g/mol. The number of rotatable bonds is 5. The zero-order valence-electron chi connectivity index (χ0n) is 14.6. The summed E-state index contributed by atoms with van der Waals surface area (Å²) in [7, 11) is 0. The van der Waals surface area contributed by atoms with Gasteiger partial charge >= 0.3 is 6.03 Å². The van der Waals surface area contributed by atoms with Gasteiger partial charge < -0.3 is 10.6 Å². The Balaban J connectivity index is 1.76. The van der Waals surface area contributed by atoms with Crippen molar-refractivity contribution in [2.75, 3.05) is 6.54 Å². The zero-order chi connectivity index (χ0) is 19.8. The molecule has 6 nitrogen and oxygen atoms in total. The van der Waals surface area contributed by atoms with E-state index in [4.69, 9.17) is 0 Å². The number of carbonyl (C=O) groups excluding carboxylic acids is 3. The van der Waals surface area contributed by atoms with Crippen LogP contribution in [-0.4, -0.2) is 29.3 Å². The summed E-state index contributed by atoms with van der Waals surface area (Å²) in [5, 5.41) is 6.92. The van der Waals surface area contributed by atoms with Crippen molar-refractivity contribution in [3.8, 4) is 0 Å². The van der Waals surface area contributed by atoms with Gasteiger partial charge in [0.15, 0.2) is 0 Å². The highest BCUT2D eigenvalue weighted by molar-refractivity contribution is 7.10. The molecule has 1 fully saturated rings. The first-order chi connectivity index (χ1) is 12.7. The van der Waals surface area contributed by atoms with Crippen molar-refractivity contribution >= 4 is 29.2 Å². The van der Waals surface area contributed by atoms with E-state index in [9.17, 15) is 23.2 Å². The average molecular weight is 393 g/mol. The number of urea groups is 1. The molecule has 0 unspecified atom stereocenters. The van der Waals surface area contributed by atoms with Gasteiger partial charge in [-0.1, -0.05) is 6.07 Å². The van der Waals surface area contributed by atoms with Crippen molar-refractivity contribution in [3.63, 3.8) is 0 Å². The Morgan fingerprint density at radius 2 is 2.07 bits per heavy atom. The number of halogens is 2. The normalized spacial score (nSPS) is 20.5. The van der Waals surface area contributed by atoms with Crippen LogP contribution in [0.25, 0.3) is 0 Å². The lowest BCUT2D eigenvalue weighted by Crippen LogP contribution is -2.44. The molecule has 142 valence electrons. The van der Waals surface area contributed by atoms with Crippen LogP contribution in [0.5, 0.6) is 0 Å². The molecule has 2 heterocycles. The fraction of sp³-hybridized carbons (Fsp3) is 0.278. The van der Waals surface area contributed by atoms with E-state index in [1.54, 1.807) is 6.92 Å². The van der Waals surface area contributed by atoms with E-state index < -0.39 is 41.6 Å². The maximum Gasteiger partial charge on any atom is 0.325 e. The summed E-state index contributed by atoms with van der Waals surface area (Å²) < 4.78 is 27.6. The SMILES string of the molecule is C[C@@H](NC(=O)CN1C(=O)N[C@](C)(c2cc(F)ccc2F)C1=O)c1cccs1. The van der Waals surface area contributed by atoms with Gasteiger partial charge in [0.25, 0.3) is 5.91 Å². The molecular formula is C18H17F2N3O3S. The minimum atomic E-state index is -1.79. The molecule has 0 saturated carbocycles. The van der Waals surface area contributed by atoms with Gasteiger partial charge in [0.1, 0.15) is 23.7 Å². The summed E-state index contributed by atoms with van der Waals surface area (Å²) >= 11 is 1.47. The van der Waals surface area contributed by atoms with Crippen LogP contribution in [0.15, 0.2) is 35.7 Å². The number of carbonyl (C=O) groups is 3. The van der Waals surface area contributed by atoms with Crippen LogP contribution in [0.1, 0.15) is 30.3 Å². The Morgan fingerprint density at radius 1 is 1.33 bits per heavy atom. The van der Waals surface area contributed by atoms with Crippen LogP contribution in [0, 0.1) is 11.6 Å². The number of hydrogen-bond donors (Lipinski definition) is 2. The third-order valence-corrected chi connectivity index (χ3v) is 5.45. The fourth-order valence-corrected chi connectivity index (χ4v) is 3.68. The van der Waals surface area contributed by atoms with Crippen molar-refractivity contribution < 1.29 is 23.2 Å². The van der Waals surface area contributed by atoms with Gasteiger partial charge in [-0.25, -0.2) is 13.6 Å². The summed E-state index contributed by atoms with van der Waals surface area (Å²) in [5.41, 5.74) is -2.08. The van der Waals surface area contributed by atoms with Gasteiger partial charge in [-0.2, -0.15) is 0 Å². The van der Waals surface area contributed by atoms with Crippen molar-refractivity contribution in [1.29, 1.82) is 0 Å². The van der Waals surface area contributed by atoms with Crippen LogP contribution < -0.4 is 10.6 Å². The third-order valence-electron chi connectivity index (χ3n) is 4.39. The van der Waals surface area contributed by atoms with E-state index in [1.165, 1.54) is 18.3 Å². The average Bonchev–Trinajstić information content (AvgIpc) is 3.21. The second-order valence-electron chi connectivity index (χ2n) is 6.38. The van der Waals surface area contributed by atoms with Crippen molar-refractivity contribution in [1.82, 2.24) is 15.5 Å². The smallest absolute Gasteiger partial charge is 0.325 e. The molecule has 3 rings (SSSR count). The molecule has 1 aromatic carbocycles. The number of thiophene rings is 1. The van der Waals surface area contributed by atoms with Crippen LogP contribution in [0.2, 0.25) is 0 Å². The van der Waals surface area contributed by atoms with Crippen LogP contribution in [-0.2, 0) is 15.1 Å². The first-order valence-corrected chi connectivity index (χ1v) is 9.02. The maximum atomic E-state index is 14.1. The minimum absolute atomic E-state index is 0.287. The molecule has 1 aliphatic heterocycles. The van der Waals surface area contributed by atoms with E-state index in [2.05, 4.69) is 10.6 Å². The van der Waals surface area contributed by atoms with E-state index in [1.807, 2.05) is 17.5 Å². The number of hydrogen-bond acceptors (Lipinski definition) is 4. The van der Waals surface area contributed by atoms with Gasteiger partial charge in [0, 0.05) is 10.4 Å². The van der Waals surface area contributed by atoms with E-state index in [0.29, 0.717) is 4.90 Å². The van der Waals surface area contributed by atoms with Gasteiger partial charge in [0.2, 0.25) is 5.91 Å². The number of amides is 4. The fourth-order valence-electron chi connectivity index (χ4n) is 2.94. The number of nitrogens with one attached hydrogen (secondary N) is 2. The Labute approximate surface area is 158 Å². The van der Waals surface area contributed by atoms with E-state index in [0.717, 1.165) is 23.1 Å². The molecule has 0 radical (unpaired) electrons. The second-order valence-corrected chi connectivity index (χ2v) is 7.35. The highest BCUT2D eigenvalue weighted by atomic mass is 32.1. The van der Waals surface area contributed by atoms with Gasteiger partial charge in [0.05, 0.1) is 6.04 Å².